The zero-order chi connectivity index (χ0) is 16.3. The van der Waals surface area contributed by atoms with Gasteiger partial charge in [-0.25, -0.2) is 8.42 Å². The smallest absolute Gasteiger partial charge is 0.244 e. The molecule has 1 unspecified atom stereocenters. The van der Waals surface area contributed by atoms with Gasteiger partial charge in [0.1, 0.15) is 4.90 Å². The van der Waals surface area contributed by atoms with Gasteiger partial charge in [-0.15, -0.1) is 0 Å². The van der Waals surface area contributed by atoms with Crippen LogP contribution in [0.15, 0.2) is 23.4 Å². The van der Waals surface area contributed by atoms with Crippen molar-refractivity contribution in [2.75, 3.05) is 12.4 Å². The van der Waals surface area contributed by atoms with Crippen molar-refractivity contribution in [3.8, 4) is 0 Å². The third kappa shape index (κ3) is 4.98. The Morgan fingerprint density at radius 2 is 1.95 bits per heavy atom. The lowest BCUT2D eigenvalue weighted by Crippen LogP contribution is -2.50. The average molecular weight is 314 g/mol. The van der Waals surface area contributed by atoms with Crippen LogP contribution in [0, 0.1) is 0 Å². The molecular formula is C13H22N4O3S. The maximum absolute atomic E-state index is 12.3. The van der Waals surface area contributed by atoms with E-state index >= 15 is 0 Å². The first-order chi connectivity index (χ1) is 9.57. The van der Waals surface area contributed by atoms with Crippen LogP contribution in [0.3, 0.4) is 0 Å². The van der Waals surface area contributed by atoms with Crippen LogP contribution in [-0.2, 0) is 14.8 Å². The topological polar surface area (TPSA) is 100 Å². The van der Waals surface area contributed by atoms with Gasteiger partial charge < -0.3 is 10.6 Å². The van der Waals surface area contributed by atoms with Gasteiger partial charge in [-0.2, -0.15) is 4.72 Å². The molecule has 1 rings (SSSR count). The molecule has 8 heteroatoms. The molecule has 0 saturated heterocycles. The first-order valence-electron chi connectivity index (χ1n) is 6.53. The molecule has 1 aromatic heterocycles. The quantitative estimate of drug-likeness (QED) is 0.743. The summed E-state index contributed by atoms with van der Waals surface area (Å²) in [6.07, 6.45) is 2.73. The zero-order valence-corrected chi connectivity index (χ0v) is 13.7. The highest BCUT2D eigenvalue weighted by Crippen LogP contribution is 2.18. The minimum absolute atomic E-state index is 0.00269. The highest BCUT2D eigenvalue weighted by molar-refractivity contribution is 7.89. The van der Waals surface area contributed by atoms with Crippen LogP contribution in [-0.4, -0.2) is 37.9 Å². The average Bonchev–Trinajstić information content (AvgIpc) is 2.36. The van der Waals surface area contributed by atoms with Crippen LogP contribution < -0.4 is 15.4 Å². The number of sulfonamides is 1. The van der Waals surface area contributed by atoms with Crippen molar-refractivity contribution in [2.24, 2.45) is 0 Å². The molecule has 118 valence electrons. The summed E-state index contributed by atoms with van der Waals surface area (Å²) in [5.74, 6) is -0.388. The molecule has 21 heavy (non-hydrogen) atoms. The first-order valence-corrected chi connectivity index (χ1v) is 8.01. The number of carbonyl (C=O) groups is 1. The number of amides is 1. The Bertz CT molecular complexity index is 608. The molecule has 0 aliphatic rings. The van der Waals surface area contributed by atoms with Crippen LogP contribution >= 0.6 is 0 Å². The summed E-state index contributed by atoms with van der Waals surface area (Å²) in [7, 11) is -2.22. The van der Waals surface area contributed by atoms with Gasteiger partial charge in [0.15, 0.2) is 0 Å². The van der Waals surface area contributed by atoms with E-state index in [1.807, 2.05) is 20.8 Å². The molecular weight excluding hydrogens is 292 g/mol. The standard InChI is InChI=1S/C13H22N4O3S/c1-9(12(18)16-13(2,3)4)17-21(19,20)11-8-15-7-6-10(11)14-5/h6-9,17H,1-5H3,(H,14,15)(H,16,18). The predicted molar refractivity (Wildman–Crippen MR) is 81.5 cm³/mol. The number of carbonyl (C=O) groups excluding carboxylic acids is 1. The highest BCUT2D eigenvalue weighted by atomic mass is 32.2. The van der Waals surface area contributed by atoms with Crippen LogP contribution in [0.5, 0.6) is 0 Å². The molecule has 0 spiro atoms. The van der Waals surface area contributed by atoms with E-state index in [1.165, 1.54) is 19.3 Å². The monoisotopic (exact) mass is 314 g/mol. The van der Waals surface area contributed by atoms with E-state index in [-0.39, 0.29) is 10.8 Å². The van der Waals surface area contributed by atoms with Crippen molar-refractivity contribution in [2.45, 2.75) is 44.2 Å². The Balaban J connectivity index is 2.93. The molecule has 1 heterocycles. The summed E-state index contributed by atoms with van der Waals surface area (Å²) in [4.78, 5) is 15.8. The number of rotatable bonds is 5. The minimum atomic E-state index is -3.84. The molecule has 0 aliphatic heterocycles. The predicted octanol–water partition coefficient (Wildman–Crippen LogP) is 0.705. The maximum Gasteiger partial charge on any atom is 0.244 e. The maximum atomic E-state index is 12.3. The van der Waals surface area contributed by atoms with Gasteiger partial charge in [-0.1, -0.05) is 0 Å². The first kappa shape index (κ1) is 17.4. The molecule has 0 bridgehead atoms. The van der Waals surface area contributed by atoms with Gasteiger partial charge >= 0.3 is 0 Å². The Morgan fingerprint density at radius 3 is 2.48 bits per heavy atom. The van der Waals surface area contributed by atoms with Gasteiger partial charge in [0.05, 0.1) is 11.7 Å². The molecule has 0 fully saturated rings. The van der Waals surface area contributed by atoms with Crippen molar-refractivity contribution in [1.82, 2.24) is 15.0 Å². The van der Waals surface area contributed by atoms with Crippen LogP contribution in [0.25, 0.3) is 0 Å². The number of nitrogens with zero attached hydrogens (tertiary/aromatic N) is 1. The Morgan fingerprint density at radius 1 is 1.33 bits per heavy atom. The Labute approximate surface area is 125 Å². The molecule has 3 N–H and O–H groups in total. The molecule has 0 aliphatic carbocycles. The van der Waals surface area contributed by atoms with Crippen molar-refractivity contribution in [3.05, 3.63) is 18.5 Å². The van der Waals surface area contributed by atoms with E-state index < -0.39 is 21.6 Å². The van der Waals surface area contributed by atoms with Crippen LogP contribution in [0.4, 0.5) is 5.69 Å². The van der Waals surface area contributed by atoms with Gasteiger partial charge in [-0.3, -0.25) is 9.78 Å². The molecule has 0 aromatic carbocycles. The zero-order valence-electron chi connectivity index (χ0n) is 12.9. The summed E-state index contributed by atoms with van der Waals surface area (Å²) in [5.41, 5.74) is -0.0118. The fraction of sp³-hybridized carbons (Fsp3) is 0.538. The second kappa shape index (κ2) is 6.40. The second-order valence-corrected chi connectivity index (χ2v) is 7.39. The summed E-state index contributed by atoms with van der Waals surface area (Å²) in [5, 5.41) is 5.51. The van der Waals surface area contributed by atoms with E-state index in [0.717, 1.165) is 0 Å². The third-order valence-electron chi connectivity index (χ3n) is 2.57. The molecule has 0 radical (unpaired) electrons. The number of pyridine rings is 1. The lowest BCUT2D eigenvalue weighted by Gasteiger charge is -2.23. The van der Waals surface area contributed by atoms with Gasteiger partial charge in [-0.05, 0) is 33.8 Å². The normalized spacial score (nSPS) is 13.6. The second-order valence-electron chi connectivity index (χ2n) is 5.70. The molecule has 1 amide bonds. The largest absolute Gasteiger partial charge is 0.387 e. The summed E-state index contributed by atoms with van der Waals surface area (Å²) in [6, 6.07) is 0.660. The molecule has 1 aromatic rings. The van der Waals surface area contributed by atoms with Gasteiger partial charge in [0, 0.05) is 25.0 Å². The minimum Gasteiger partial charge on any atom is -0.387 e. The number of hydrogen-bond acceptors (Lipinski definition) is 5. The van der Waals surface area contributed by atoms with Gasteiger partial charge in [0.25, 0.3) is 0 Å². The number of hydrogen-bond donors (Lipinski definition) is 3. The van der Waals surface area contributed by atoms with Crippen molar-refractivity contribution in [3.63, 3.8) is 0 Å². The SMILES string of the molecule is CNc1ccncc1S(=O)(=O)NC(C)C(=O)NC(C)(C)C. The summed E-state index contributed by atoms with van der Waals surface area (Å²) >= 11 is 0. The van der Waals surface area contributed by atoms with Gasteiger partial charge in [0.2, 0.25) is 15.9 Å². The molecule has 7 nitrogen and oxygen atoms in total. The van der Waals surface area contributed by atoms with E-state index in [0.29, 0.717) is 5.69 Å². The summed E-state index contributed by atoms with van der Waals surface area (Å²) in [6.45, 7) is 6.97. The fourth-order valence-corrected chi connectivity index (χ4v) is 2.99. The van der Waals surface area contributed by atoms with E-state index in [2.05, 4.69) is 20.3 Å². The van der Waals surface area contributed by atoms with Crippen LogP contribution in [0.2, 0.25) is 0 Å². The summed E-state index contributed by atoms with van der Waals surface area (Å²) < 4.78 is 27.0. The number of nitrogens with one attached hydrogen (secondary N) is 3. The highest BCUT2D eigenvalue weighted by Gasteiger charge is 2.26. The fourth-order valence-electron chi connectivity index (χ4n) is 1.63. The van der Waals surface area contributed by atoms with Crippen molar-refractivity contribution in [1.29, 1.82) is 0 Å². The number of aromatic nitrogens is 1. The molecule has 1 atom stereocenters. The van der Waals surface area contributed by atoms with E-state index in [4.69, 9.17) is 0 Å². The van der Waals surface area contributed by atoms with E-state index in [1.54, 1.807) is 13.1 Å². The Hall–Kier alpha value is -1.67. The van der Waals surface area contributed by atoms with Crippen LogP contribution in [0.1, 0.15) is 27.7 Å². The van der Waals surface area contributed by atoms with Crippen molar-refractivity contribution >= 4 is 21.6 Å². The van der Waals surface area contributed by atoms with E-state index in [9.17, 15) is 13.2 Å². The van der Waals surface area contributed by atoms with Crippen molar-refractivity contribution < 1.29 is 13.2 Å². The Kier molecular flexibility index (Phi) is 5.30. The lowest BCUT2D eigenvalue weighted by molar-refractivity contribution is -0.123. The number of anilines is 1. The lowest BCUT2D eigenvalue weighted by atomic mass is 10.1. The third-order valence-corrected chi connectivity index (χ3v) is 4.13. The molecule has 0 saturated carbocycles.